The highest BCUT2D eigenvalue weighted by Gasteiger charge is 2.22. The first-order valence-corrected chi connectivity index (χ1v) is 6.39. The van der Waals surface area contributed by atoms with Crippen LogP contribution in [-0.4, -0.2) is 22.9 Å². The standard InChI is InChI=1S/C13H18ClNO2/c14-12-3-1-2-10(13(12)17)8-15-7-9-4-5-11(16)6-9/h1-3,9,11,15-17H,4-8H2. The molecule has 0 aliphatic heterocycles. The molecular weight excluding hydrogens is 238 g/mol. The van der Waals surface area contributed by atoms with E-state index in [1.54, 1.807) is 6.07 Å². The molecule has 0 saturated heterocycles. The zero-order valence-corrected chi connectivity index (χ0v) is 10.5. The van der Waals surface area contributed by atoms with Crippen molar-refractivity contribution in [3.8, 4) is 5.75 Å². The molecule has 2 rings (SSSR count). The number of rotatable bonds is 4. The van der Waals surface area contributed by atoms with Gasteiger partial charge in [0.25, 0.3) is 0 Å². The predicted octanol–water partition coefficient (Wildman–Crippen LogP) is 2.30. The van der Waals surface area contributed by atoms with Gasteiger partial charge in [0.15, 0.2) is 0 Å². The molecule has 94 valence electrons. The van der Waals surface area contributed by atoms with Gasteiger partial charge in [0.2, 0.25) is 0 Å². The maximum Gasteiger partial charge on any atom is 0.138 e. The second-order valence-electron chi connectivity index (χ2n) is 4.71. The third-order valence-electron chi connectivity index (χ3n) is 3.33. The van der Waals surface area contributed by atoms with Gasteiger partial charge >= 0.3 is 0 Å². The highest BCUT2D eigenvalue weighted by molar-refractivity contribution is 6.32. The number of hydrogen-bond donors (Lipinski definition) is 3. The van der Waals surface area contributed by atoms with Gasteiger partial charge < -0.3 is 15.5 Å². The summed E-state index contributed by atoms with van der Waals surface area (Å²) in [6, 6.07) is 5.36. The summed E-state index contributed by atoms with van der Waals surface area (Å²) in [5, 5.41) is 22.8. The fourth-order valence-electron chi connectivity index (χ4n) is 2.35. The molecule has 17 heavy (non-hydrogen) atoms. The van der Waals surface area contributed by atoms with Gasteiger partial charge in [-0.05, 0) is 37.8 Å². The maximum atomic E-state index is 9.72. The number of benzene rings is 1. The van der Waals surface area contributed by atoms with Gasteiger partial charge in [-0.2, -0.15) is 0 Å². The van der Waals surface area contributed by atoms with Crippen LogP contribution < -0.4 is 5.32 Å². The Morgan fingerprint density at radius 1 is 1.35 bits per heavy atom. The summed E-state index contributed by atoms with van der Waals surface area (Å²) in [4.78, 5) is 0. The van der Waals surface area contributed by atoms with E-state index in [-0.39, 0.29) is 11.9 Å². The van der Waals surface area contributed by atoms with E-state index < -0.39 is 0 Å². The number of phenols is 1. The van der Waals surface area contributed by atoms with Crippen molar-refractivity contribution in [2.24, 2.45) is 5.92 Å². The van der Waals surface area contributed by atoms with Crippen LogP contribution in [0.25, 0.3) is 0 Å². The molecule has 1 aliphatic carbocycles. The Bertz CT molecular complexity index is 384. The molecule has 1 aromatic rings. The summed E-state index contributed by atoms with van der Waals surface area (Å²) in [6.45, 7) is 1.49. The monoisotopic (exact) mass is 255 g/mol. The number of aliphatic hydroxyl groups is 1. The third-order valence-corrected chi connectivity index (χ3v) is 3.64. The lowest BCUT2D eigenvalue weighted by molar-refractivity contribution is 0.177. The lowest BCUT2D eigenvalue weighted by Gasteiger charge is -2.12. The molecule has 1 aromatic carbocycles. The topological polar surface area (TPSA) is 52.5 Å². The van der Waals surface area contributed by atoms with Crippen LogP contribution in [0, 0.1) is 5.92 Å². The fourth-order valence-corrected chi connectivity index (χ4v) is 2.54. The van der Waals surface area contributed by atoms with Gasteiger partial charge in [0, 0.05) is 12.1 Å². The van der Waals surface area contributed by atoms with E-state index in [2.05, 4.69) is 5.32 Å². The zero-order valence-electron chi connectivity index (χ0n) is 9.69. The Morgan fingerprint density at radius 2 is 2.18 bits per heavy atom. The Balaban J connectivity index is 1.80. The number of hydrogen-bond acceptors (Lipinski definition) is 3. The van der Waals surface area contributed by atoms with Crippen molar-refractivity contribution in [1.82, 2.24) is 5.32 Å². The van der Waals surface area contributed by atoms with Crippen molar-refractivity contribution in [1.29, 1.82) is 0 Å². The van der Waals surface area contributed by atoms with E-state index in [4.69, 9.17) is 11.6 Å². The van der Waals surface area contributed by atoms with E-state index in [1.807, 2.05) is 12.1 Å². The van der Waals surface area contributed by atoms with Gasteiger partial charge in [0.05, 0.1) is 11.1 Å². The van der Waals surface area contributed by atoms with Crippen molar-refractivity contribution in [3.05, 3.63) is 28.8 Å². The summed E-state index contributed by atoms with van der Waals surface area (Å²) in [5.41, 5.74) is 0.816. The summed E-state index contributed by atoms with van der Waals surface area (Å²) in [6.07, 6.45) is 2.75. The average molecular weight is 256 g/mol. The number of halogens is 1. The van der Waals surface area contributed by atoms with Crippen molar-refractivity contribution in [2.75, 3.05) is 6.54 Å². The van der Waals surface area contributed by atoms with Crippen LogP contribution in [0.2, 0.25) is 5.02 Å². The van der Waals surface area contributed by atoms with Crippen LogP contribution in [-0.2, 0) is 6.54 Å². The quantitative estimate of drug-likeness (QED) is 0.774. The Kier molecular flexibility index (Phi) is 4.26. The zero-order chi connectivity index (χ0) is 12.3. The molecule has 1 saturated carbocycles. The van der Waals surface area contributed by atoms with E-state index in [9.17, 15) is 10.2 Å². The average Bonchev–Trinajstić information content (AvgIpc) is 2.70. The summed E-state index contributed by atoms with van der Waals surface area (Å²) >= 11 is 5.83. The molecule has 1 fully saturated rings. The number of phenolic OH excluding ortho intramolecular Hbond substituents is 1. The van der Waals surface area contributed by atoms with Gasteiger partial charge in [-0.3, -0.25) is 0 Å². The number of nitrogens with one attached hydrogen (secondary N) is 1. The van der Waals surface area contributed by atoms with Crippen molar-refractivity contribution < 1.29 is 10.2 Å². The van der Waals surface area contributed by atoms with Crippen LogP contribution in [0.4, 0.5) is 0 Å². The molecule has 0 radical (unpaired) electrons. The van der Waals surface area contributed by atoms with Gasteiger partial charge in [-0.25, -0.2) is 0 Å². The summed E-state index contributed by atoms with van der Waals surface area (Å²) in [5.74, 6) is 0.708. The van der Waals surface area contributed by atoms with Gasteiger partial charge in [0.1, 0.15) is 5.75 Å². The molecule has 3 nitrogen and oxygen atoms in total. The molecule has 3 N–H and O–H groups in total. The van der Waals surface area contributed by atoms with E-state index in [0.29, 0.717) is 17.5 Å². The third kappa shape index (κ3) is 3.35. The second kappa shape index (κ2) is 5.71. The van der Waals surface area contributed by atoms with Crippen molar-refractivity contribution in [3.63, 3.8) is 0 Å². The van der Waals surface area contributed by atoms with Crippen LogP contribution in [0.15, 0.2) is 18.2 Å². The Morgan fingerprint density at radius 3 is 2.88 bits per heavy atom. The highest BCUT2D eigenvalue weighted by atomic mass is 35.5. The van der Waals surface area contributed by atoms with E-state index >= 15 is 0 Å². The molecular formula is C13H18ClNO2. The molecule has 0 amide bonds. The normalized spacial score (nSPS) is 24.1. The predicted molar refractivity (Wildman–Crippen MR) is 68.2 cm³/mol. The van der Waals surface area contributed by atoms with Crippen molar-refractivity contribution in [2.45, 2.75) is 31.9 Å². The SMILES string of the molecule is Oc1c(Cl)cccc1CNCC1CCC(O)C1. The van der Waals surface area contributed by atoms with E-state index in [1.165, 1.54) is 0 Å². The van der Waals surface area contributed by atoms with Crippen molar-refractivity contribution >= 4 is 11.6 Å². The molecule has 1 aliphatic rings. The second-order valence-corrected chi connectivity index (χ2v) is 5.12. The summed E-state index contributed by atoms with van der Waals surface area (Å²) in [7, 11) is 0. The minimum Gasteiger partial charge on any atom is -0.506 e. The van der Waals surface area contributed by atoms with Crippen LogP contribution in [0.1, 0.15) is 24.8 Å². The van der Waals surface area contributed by atoms with E-state index in [0.717, 1.165) is 31.4 Å². The molecule has 0 bridgehead atoms. The molecule has 0 heterocycles. The molecule has 0 aromatic heterocycles. The largest absolute Gasteiger partial charge is 0.506 e. The molecule has 4 heteroatoms. The minimum absolute atomic E-state index is 0.124. The first-order valence-electron chi connectivity index (χ1n) is 6.02. The Labute approximate surface area is 106 Å². The number of aliphatic hydroxyl groups excluding tert-OH is 1. The minimum atomic E-state index is -0.124. The lowest BCUT2D eigenvalue weighted by Crippen LogP contribution is -2.21. The highest BCUT2D eigenvalue weighted by Crippen LogP contribution is 2.27. The van der Waals surface area contributed by atoms with Crippen LogP contribution >= 0.6 is 11.6 Å². The number of para-hydroxylation sites is 1. The fraction of sp³-hybridized carbons (Fsp3) is 0.538. The number of aromatic hydroxyl groups is 1. The summed E-state index contributed by atoms with van der Waals surface area (Å²) < 4.78 is 0. The first kappa shape index (κ1) is 12.7. The molecule has 2 atom stereocenters. The van der Waals surface area contributed by atoms with Crippen LogP contribution in [0.3, 0.4) is 0 Å². The Hall–Kier alpha value is -0.770. The smallest absolute Gasteiger partial charge is 0.138 e. The molecule has 0 spiro atoms. The van der Waals surface area contributed by atoms with Crippen LogP contribution in [0.5, 0.6) is 5.75 Å². The first-order chi connectivity index (χ1) is 8.16. The van der Waals surface area contributed by atoms with Gasteiger partial charge in [-0.15, -0.1) is 0 Å². The lowest BCUT2D eigenvalue weighted by atomic mass is 10.1. The maximum absolute atomic E-state index is 9.72. The molecule has 2 unspecified atom stereocenters. The van der Waals surface area contributed by atoms with Gasteiger partial charge in [-0.1, -0.05) is 23.7 Å².